The number of anilines is 1. The highest BCUT2D eigenvalue weighted by molar-refractivity contribution is 5.95. The first-order valence-electron chi connectivity index (χ1n) is 9.14. The molecule has 3 heterocycles. The maximum atomic E-state index is 12.5. The van der Waals surface area contributed by atoms with E-state index in [4.69, 9.17) is 5.73 Å². The van der Waals surface area contributed by atoms with Crippen molar-refractivity contribution in [2.45, 2.75) is 0 Å². The molecule has 1 amide bonds. The van der Waals surface area contributed by atoms with E-state index in [0.29, 0.717) is 18.7 Å². The summed E-state index contributed by atoms with van der Waals surface area (Å²) in [6, 6.07) is 11.4. The second kappa shape index (κ2) is 7.73. The Morgan fingerprint density at radius 2 is 1.89 bits per heavy atom. The fraction of sp³-hybridized carbons (Fsp3) is 0.316. The molecule has 0 radical (unpaired) electrons. The number of hydrogen-bond acceptors (Lipinski definition) is 6. The van der Waals surface area contributed by atoms with Crippen molar-refractivity contribution in [3.8, 4) is 11.3 Å². The number of fused-ring (bicyclic) bond motifs is 4. The first-order chi connectivity index (χ1) is 13.2. The van der Waals surface area contributed by atoms with E-state index >= 15 is 0 Å². The van der Waals surface area contributed by atoms with Crippen LogP contribution >= 0.6 is 0 Å². The molecule has 4 rings (SSSR count). The molecule has 0 saturated heterocycles. The molecule has 8 nitrogen and oxygen atoms in total. The first kappa shape index (κ1) is 17.4. The molecule has 27 heavy (non-hydrogen) atoms. The molecule has 4 N–H and O–H groups in total. The Labute approximate surface area is 157 Å². The largest absolute Gasteiger partial charge is 0.367 e. The molecule has 140 valence electrons. The minimum atomic E-state index is -0.0833. The summed E-state index contributed by atoms with van der Waals surface area (Å²) in [5.41, 5.74) is 8.86. The van der Waals surface area contributed by atoms with Gasteiger partial charge in [0, 0.05) is 50.4 Å². The second-order valence-electron chi connectivity index (χ2n) is 6.53. The second-order valence-corrected chi connectivity index (χ2v) is 6.53. The summed E-state index contributed by atoms with van der Waals surface area (Å²) >= 11 is 0. The number of imidazole rings is 1. The first-order valence-corrected chi connectivity index (χ1v) is 9.14. The van der Waals surface area contributed by atoms with E-state index in [2.05, 4.69) is 25.6 Å². The fourth-order valence-corrected chi connectivity index (χ4v) is 3.27. The van der Waals surface area contributed by atoms with Crippen molar-refractivity contribution >= 4 is 17.4 Å². The van der Waals surface area contributed by atoms with Crippen molar-refractivity contribution in [1.29, 1.82) is 0 Å². The van der Waals surface area contributed by atoms with Crippen molar-refractivity contribution in [1.82, 2.24) is 24.8 Å². The van der Waals surface area contributed by atoms with Crippen molar-refractivity contribution in [3.63, 3.8) is 0 Å². The average Bonchev–Trinajstić information content (AvgIpc) is 3.10. The molecule has 2 aromatic heterocycles. The molecular formula is C19H23N7O. The van der Waals surface area contributed by atoms with Gasteiger partial charge < -0.3 is 16.4 Å². The molecule has 0 spiro atoms. The van der Waals surface area contributed by atoms with Gasteiger partial charge in [-0.25, -0.2) is 9.50 Å². The van der Waals surface area contributed by atoms with Gasteiger partial charge in [-0.3, -0.25) is 9.69 Å². The number of aromatic nitrogens is 3. The summed E-state index contributed by atoms with van der Waals surface area (Å²) in [5.74, 6) is 0.703. The summed E-state index contributed by atoms with van der Waals surface area (Å²) in [5, 5.41) is 11.0. The van der Waals surface area contributed by atoms with E-state index in [1.165, 1.54) is 0 Å². The third-order valence-electron chi connectivity index (χ3n) is 4.68. The zero-order valence-electron chi connectivity index (χ0n) is 15.1. The molecule has 1 aliphatic heterocycles. The molecule has 0 unspecified atom stereocenters. The molecule has 0 aliphatic carbocycles. The Hall–Kier alpha value is -2.97. The fourth-order valence-electron chi connectivity index (χ4n) is 3.27. The van der Waals surface area contributed by atoms with Crippen molar-refractivity contribution in [3.05, 3.63) is 48.2 Å². The van der Waals surface area contributed by atoms with E-state index in [1.807, 2.05) is 36.4 Å². The van der Waals surface area contributed by atoms with Crippen LogP contribution in [-0.2, 0) is 0 Å². The van der Waals surface area contributed by atoms with Gasteiger partial charge in [0.25, 0.3) is 5.91 Å². The number of benzene rings is 1. The Kier molecular flexibility index (Phi) is 4.99. The predicted molar refractivity (Wildman–Crippen MR) is 105 cm³/mol. The third-order valence-corrected chi connectivity index (χ3v) is 4.68. The van der Waals surface area contributed by atoms with Crippen LogP contribution in [0.15, 0.2) is 42.6 Å². The highest BCUT2D eigenvalue weighted by atomic mass is 16.1. The van der Waals surface area contributed by atoms with Crippen LogP contribution in [0.3, 0.4) is 0 Å². The molecule has 4 bridgehead atoms. The summed E-state index contributed by atoms with van der Waals surface area (Å²) in [6.07, 6.45) is 1.78. The molecule has 0 atom stereocenters. The number of carbonyl (C=O) groups excluding carboxylic acids is 1. The number of amides is 1. The maximum Gasteiger partial charge on any atom is 0.251 e. The van der Waals surface area contributed by atoms with Crippen LogP contribution in [-0.4, -0.2) is 64.7 Å². The Morgan fingerprint density at radius 3 is 2.74 bits per heavy atom. The van der Waals surface area contributed by atoms with Crippen molar-refractivity contribution < 1.29 is 4.79 Å². The Balaban J connectivity index is 1.73. The van der Waals surface area contributed by atoms with Gasteiger partial charge in [-0.1, -0.05) is 12.1 Å². The number of nitrogens with two attached hydrogens (primary N) is 1. The smallest absolute Gasteiger partial charge is 0.251 e. The summed E-state index contributed by atoms with van der Waals surface area (Å²) in [4.78, 5) is 19.2. The lowest BCUT2D eigenvalue weighted by atomic mass is 10.1. The molecular weight excluding hydrogens is 342 g/mol. The highest BCUT2D eigenvalue weighted by Crippen LogP contribution is 2.22. The van der Waals surface area contributed by atoms with E-state index in [1.54, 1.807) is 10.7 Å². The Morgan fingerprint density at radius 1 is 1.07 bits per heavy atom. The zero-order chi connectivity index (χ0) is 18.6. The van der Waals surface area contributed by atoms with Crippen LogP contribution in [0, 0.1) is 0 Å². The van der Waals surface area contributed by atoms with Crippen LogP contribution in [0.2, 0.25) is 0 Å². The van der Waals surface area contributed by atoms with Crippen molar-refractivity contribution in [2.75, 3.05) is 44.6 Å². The van der Waals surface area contributed by atoms with Gasteiger partial charge in [0.2, 0.25) is 0 Å². The normalized spacial score (nSPS) is 15.8. The van der Waals surface area contributed by atoms with E-state index in [0.717, 1.165) is 48.9 Å². The Bertz CT molecular complexity index is 952. The standard InChI is InChI=1S/C19H23N7O/c20-6-9-25-10-7-21-17-4-5-18-23-13-16(26(18)24-17)14-2-1-3-15(12-14)19(27)22-8-11-25/h1-5,12-13H,6-11,20H2,(H,21,24)(H,22,27). The van der Waals surface area contributed by atoms with E-state index < -0.39 is 0 Å². The SMILES string of the molecule is NCCN1CCNC(=O)c2cccc(c2)-c2cnc3ccc(nn23)NCC1. The predicted octanol–water partition coefficient (Wildman–Crippen LogP) is 0.812. The van der Waals surface area contributed by atoms with Gasteiger partial charge in [0.15, 0.2) is 5.65 Å². The van der Waals surface area contributed by atoms with Crippen LogP contribution in [0.1, 0.15) is 10.4 Å². The summed E-state index contributed by atoms with van der Waals surface area (Å²) in [6.45, 7) is 4.25. The number of rotatable bonds is 2. The number of carbonyl (C=O) groups is 1. The molecule has 0 fully saturated rings. The zero-order valence-corrected chi connectivity index (χ0v) is 15.1. The lowest BCUT2D eigenvalue weighted by molar-refractivity contribution is 0.0949. The maximum absolute atomic E-state index is 12.5. The molecule has 1 aromatic carbocycles. The minimum Gasteiger partial charge on any atom is -0.367 e. The van der Waals surface area contributed by atoms with Crippen LogP contribution < -0.4 is 16.4 Å². The van der Waals surface area contributed by atoms with Gasteiger partial charge in [0.1, 0.15) is 5.82 Å². The molecule has 0 saturated carbocycles. The summed E-state index contributed by atoms with van der Waals surface area (Å²) in [7, 11) is 0. The van der Waals surface area contributed by atoms with Gasteiger partial charge in [-0.2, -0.15) is 0 Å². The van der Waals surface area contributed by atoms with Gasteiger partial charge >= 0.3 is 0 Å². The number of nitrogens with zero attached hydrogens (tertiary/aromatic N) is 4. The van der Waals surface area contributed by atoms with Crippen LogP contribution in [0.4, 0.5) is 5.82 Å². The molecule has 3 aromatic rings. The summed E-state index contributed by atoms with van der Waals surface area (Å²) < 4.78 is 1.80. The monoisotopic (exact) mass is 365 g/mol. The number of hydrogen-bond donors (Lipinski definition) is 3. The van der Waals surface area contributed by atoms with Gasteiger partial charge in [-0.05, 0) is 24.3 Å². The van der Waals surface area contributed by atoms with Crippen LogP contribution in [0.25, 0.3) is 16.9 Å². The lowest BCUT2D eigenvalue weighted by Crippen LogP contribution is -2.39. The van der Waals surface area contributed by atoms with Gasteiger partial charge in [0.05, 0.1) is 11.9 Å². The van der Waals surface area contributed by atoms with Crippen LogP contribution in [0.5, 0.6) is 0 Å². The highest BCUT2D eigenvalue weighted by Gasteiger charge is 2.13. The van der Waals surface area contributed by atoms with E-state index in [-0.39, 0.29) is 5.91 Å². The van der Waals surface area contributed by atoms with Crippen molar-refractivity contribution in [2.24, 2.45) is 5.73 Å². The quantitative estimate of drug-likeness (QED) is 0.621. The third kappa shape index (κ3) is 3.76. The van der Waals surface area contributed by atoms with E-state index in [9.17, 15) is 4.79 Å². The average molecular weight is 365 g/mol. The lowest BCUT2D eigenvalue weighted by Gasteiger charge is -2.22. The van der Waals surface area contributed by atoms with Gasteiger partial charge in [-0.15, -0.1) is 5.10 Å². The minimum absolute atomic E-state index is 0.0833. The number of nitrogens with one attached hydrogen (secondary N) is 2. The topological polar surface area (TPSA) is 101 Å². The molecule has 8 heteroatoms. The molecule has 1 aliphatic rings.